The lowest BCUT2D eigenvalue weighted by molar-refractivity contribution is -0.136. The summed E-state index contributed by atoms with van der Waals surface area (Å²) in [5, 5.41) is 3.37. The lowest BCUT2D eigenvalue weighted by Gasteiger charge is -2.37. The fraction of sp³-hybridized carbons (Fsp3) is 0.933. The van der Waals surface area contributed by atoms with E-state index in [0.717, 1.165) is 26.1 Å². The molecular formula is C15H28N2O. The van der Waals surface area contributed by atoms with Crippen molar-refractivity contribution in [2.75, 3.05) is 19.6 Å². The number of rotatable bonds is 4. The van der Waals surface area contributed by atoms with Crippen LogP contribution in [0.15, 0.2) is 0 Å². The molecule has 2 saturated heterocycles. The molecule has 104 valence electrons. The number of hydrogen-bond donors (Lipinski definition) is 1. The Morgan fingerprint density at radius 1 is 1.22 bits per heavy atom. The molecule has 1 amide bonds. The Balaban J connectivity index is 1.84. The number of carbonyl (C=O) groups is 1. The predicted molar refractivity (Wildman–Crippen MR) is 74.5 cm³/mol. The molecule has 1 N–H and O–H groups in total. The van der Waals surface area contributed by atoms with Gasteiger partial charge in [-0.05, 0) is 57.5 Å². The van der Waals surface area contributed by atoms with Crippen molar-refractivity contribution in [3.63, 3.8) is 0 Å². The molecule has 0 spiro atoms. The van der Waals surface area contributed by atoms with E-state index in [9.17, 15) is 4.79 Å². The molecule has 0 aromatic rings. The van der Waals surface area contributed by atoms with E-state index in [1.54, 1.807) is 0 Å². The van der Waals surface area contributed by atoms with E-state index in [0.29, 0.717) is 17.9 Å². The third-order valence-corrected chi connectivity index (χ3v) is 4.49. The number of nitrogens with one attached hydrogen (secondary N) is 1. The maximum absolute atomic E-state index is 12.5. The van der Waals surface area contributed by atoms with Crippen molar-refractivity contribution in [2.24, 2.45) is 5.92 Å². The number of hydrogen-bond acceptors (Lipinski definition) is 2. The molecular weight excluding hydrogens is 224 g/mol. The van der Waals surface area contributed by atoms with Crippen LogP contribution in [0.5, 0.6) is 0 Å². The van der Waals surface area contributed by atoms with Crippen LogP contribution < -0.4 is 5.32 Å². The Kier molecular flexibility index (Phi) is 5.48. The van der Waals surface area contributed by atoms with Crippen LogP contribution in [-0.2, 0) is 4.79 Å². The zero-order valence-corrected chi connectivity index (χ0v) is 11.8. The van der Waals surface area contributed by atoms with Gasteiger partial charge in [-0.1, -0.05) is 13.3 Å². The highest BCUT2D eigenvalue weighted by Crippen LogP contribution is 2.24. The molecule has 2 aliphatic heterocycles. The van der Waals surface area contributed by atoms with Crippen molar-refractivity contribution in [3.05, 3.63) is 0 Å². The number of likely N-dealkylation sites (tertiary alicyclic amines) is 1. The second-order valence-corrected chi connectivity index (χ2v) is 5.92. The van der Waals surface area contributed by atoms with E-state index in [-0.39, 0.29) is 0 Å². The highest BCUT2D eigenvalue weighted by atomic mass is 16.2. The smallest absolute Gasteiger partial charge is 0.223 e. The first-order chi connectivity index (χ1) is 8.81. The molecule has 1 atom stereocenters. The summed E-state index contributed by atoms with van der Waals surface area (Å²) in [4.78, 5) is 14.7. The van der Waals surface area contributed by atoms with Gasteiger partial charge in [0, 0.05) is 19.0 Å². The van der Waals surface area contributed by atoms with Gasteiger partial charge in [-0.2, -0.15) is 0 Å². The zero-order chi connectivity index (χ0) is 12.8. The quantitative estimate of drug-likeness (QED) is 0.834. The predicted octanol–water partition coefficient (Wildman–Crippen LogP) is 2.56. The van der Waals surface area contributed by atoms with Gasteiger partial charge < -0.3 is 10.2 Å². The van der Waals surface area contributed by atoms with E-state index in [2.05, 4.69) is 17.1 Å². The summed E-state index contributed by atoms with van der Waals surface area (Å²) >= 11 is 0. The SMILES string of the molecule is CCCC1CCCCN1C(=O)CC1CCNCC1. The summed E-state index contributed by atoms with van der Waals surface area (Å²) in [6.45, 7) is 5.42. The Morgan fingerprint density at radius 2 is 2.00 bits per heavy atom. The van der Waals surface area contributed by atoms with E-state index in [4.69, 9.17) is 0 Å². The molecule has 1 unspecified atom stereocenters. The number of nitrogens with zero attached hydrogens (tertiary/aromatic N) is 1. The van der Waals surface area contributed by atoms with E-state index >= 15 is 0 Å². The lowest BCUT2D eigenvalue weighted by atomic mass is 9.92. The number of piperidine rings is 2. The number of amides is 1. The highest BCUT2D eigenvalue weighted by Gasteiger charge is 2.27. The van der Waals surface area contributed by atoms with Crippen molar-refractivity contribution < 1.29 is 4.79 Å². The number of carbonyl (C=O) groups excluding carboxylic acids is 1. The molecule has 0 aromatic carbocycles. The molecule has 0 bridgehead atoms. The maximum Gasteiger partial charge on any atom is 0.223 e. The molecule has 0 radical (unpaired) electrons. The molecule has 3 nitrogen and oxygen atoms in total. The Labute approximate surface area is 111 Å². The molecule has 0 aliphatic carbocycles. The molecule has 2 heterocycles. The van der Waals surface area contributed by atoms with Crippen molar-refractivity contribution >= 4 is 5.91 Å². The topological polar surface area (TPSA) is 32.3 Å². The standard InChI is InChI=1S/C15H28N2O/c1-2-5-14-6-3-4-11-17(14)15(18)12-13-7-9-16-10-8-13/h13-14,16H,2-12H2,1H3. The molecule has 18 heavy (non-hydrogen) atoms. The van der Waals surface area contributed by atoms with Gasteiger partial charge in [0.25, 0.3) is 0 Å². The van der Waals surface area contributed by atoms with Gasteiger partial charge in [-0.3, -0.25) is 4.79 Å². The minimum atomic E-state index is 0.431. The molecule has 2 aliphatic rings. The van der Waals surface area contributed by atoms with Crippen LogP contribution in [0.2, 0.25) is 0 Å². The van der Waals surface area contributed by atoms with Crippen LogP contribution >= 0.6 is 0 Å². The summed E-state index contributed by atoms with van der Waals surface area (Å²) in [6.07, 6.45) is 9.28. The van der Waals surface area contributed by atoms with Crippen LogP contribution in [0, 0.1) is 5.92 Å². The zero-order valence-electron chi connectivity index (χ0n) is 11.8. The van der Waals surface area contributed by atoms with Crippen LogP contribution in [-0.4, -0.2) is 36.5 Å². The van der Waals surface area contributed by atoms with Gasteiger partial charge in [-0.25, -0.2) is 0 Å². The lowest BCUT2D eigenvalue weighted by Crippen LogP contribution is -2.44. The summed E-state index contributed by atoms with van der Waals surface area (Å²) in [5.41, 5.74) is 0. The summed E-state index contributed by atoms with van der Waals surface area (Å²) in [5.74, 6) is 1.06. The van der Waals surface area contributed by atoms with Crippen LogP contribution in [0.3, 0.4) is 0 Å². The molecule has 0 aromatic heterocycles. The van der Waals surface area contributed by atoms with Crippen molar-refractivity contribution in [2.45, 2.75) is 64.3 Å². The van der Waals surface area contributed by atoms with Crippen molar-refractivity contribution in [1.29, 1.82) is 0 Å². The first-order valence-electron chi connectivity index (χ1n) is 7.81. The summed E-state index contributed by atoms with van der Waals surface area (Å²) in [7, 11) is 0. The van der Waals surface area contributed by atoms with E-state index in [1.807, 2.05) is 0 Å². The van der Waals surface area contributed by atoms with Gasteiger partial charge in [-0.15, -0.1) is 0 Å². The highest BCUT2D eigenvalue weighted by molar-refractivity contribution is 5.76. The van der Waals surface area contributed by atoms with Crippen molar-refractivity contribution in [3.8, 4) is 0 Å². The Morgan fingerprint density at radius 3 is 2.72 bits per heavy atom. The molecule has 3 heteroatoms. The third-order valence-electron chi connectivity index (χ3n) is 4.49. The van der Waals surface area contributed by atoms with Gasteiger partial charge in [0.1, 0.15) is 0 Å². The van der Waals surface area contributed by atoms with Gasteiger partial charge in [0.2, 0.25) is 5.91 Å². The molecule has 2 fully saturated rings. The van der Waals surface area contributed by atoms with Crippen molar-refractivity contribution in [1.82, 2.24) is 10.2 Å². The molecule has 0 saturated carbocycles. The Bertz CT molecular complexity index is 259. The summed E-state index contributed by atoms with van der Waals surface area (Å²) in [6, 6.07) is 0.540. The largest absolute Gasteiger partial charge is 0.340 e. The summed E-state index contributed by atoms with van der Waals surface area (Å²) < 4.78 is 0. The van der Waals surface area contributed by atoms with Gasteiger partial charge in [0.05, 0.1) is 0 Å². The van der Waals surface area contributed by atoms with Crippen LogP contribution in [0.25, 0.3) is 0 Å². The van der Waals surface area contributed by atoms with Crippen LogP contribution in [0.1, 0.15) is 58.3 Å². The van der Waals surface area contributed by atoms with E-state index in [1.165, 1.54) is 44.9 Å². The molecule has 2 rings (SSSR count). The monoisotopic (exact) mass is 252 g/mol. The van der Waals surface area contributed by atoms with Crippen LogP contribution in [0.4, 0.5) is 0 Å². The average Bonchev–Trinajstić information content (AvgIpc) is 2.41. The second-order valence-electron chi connectivity index (χ2n) is 5.92. The Hall–Kier alpha value is -0.570. The normalized spacial score (nSPS) is 26.3. The minimum absolute atomic E-state index is 0.431. The fourth-order valence-electron chi connectivity index (χ4n) is 3.41. The fourth-order valence-corrected chi connectivity index (χ4v) is 3.41. The third kappa shape index (κ3) is 3.71. The average molecular weight is 252 g/mol. The minimum Gasteiger partial charge on any atom is -0.340 e. The second kappa shape index (κ2) is 7.13. The van der Waals surface area contributed by atoms with Gasteiger partial charge >= 0.3 is 0 Å². The van der Waals surface area contributed by atoms with E-state index < -0.39 is 0 Å². The first-order valence-corrected chi connectivity index (χ1v) is 7.81. The maximum atomic E-state index is 12.5. The first kappa shape index (κ1) is 13.9. The van der Waals surface area contributed by atoms with Gasteiger partial charge in [0.15, 0.2) is 0 Å².